The Hall–Kier alpha value is -5.50. The second kappa shape index (κ2) is 15.0. The van der Waals surface area contributed by atoms with Gasteiger partial charge in [-0.2, -0.15) is 26.3 Å². The predicted molar refractivity (Wildman–Crippen MR) is 229 cm³/mol. The van der Waals surface area contributed by atoms with Gasteiger partial charge >= 0.3 is 12.4 Å². The van der Waals surface area contributed by atoms with Crippen LogP contribution in [-0.4, -0.2) is 0 Å². The van der Waals surface area contributed by atoms with Crippen LogP contribution in [-0.2, 0) is 28.8 Å². The summed E-state index contributed by atoms with van der Waals surface area (Å²) < 4.78 is 82.1. The average molecular weight is 805 g/mol. The highest BCUT2D eigenvalue weighted by atomic mass is 19.4. The smallest absolute Gasteiger partial charge is 0.331 e. The van der Waals surface area contributed by atoms with Crippen molar-refractivity contribution in [2.75, 3.05) is 9.80 Å². The molecule has 0 saturated carbocycles. The zero-order valence-corrected chi connectivity index (χ0v) is 34.8. The molecule has 1 aliphatic rings. The van der Waals surface area contributed by atoms with E-state index in [1.807, 2.05) is 62.4 Å². The summed E-state index contributed by atoms with van der Waals surface area (Å²) in [5.74, 6) is 0. The lowest BCUT2D eigenvalue weighted by atomic mass is 9.77. The number of benzene rings is 6. The molecule has 2 atom stereocenters. The van der Waals surface area contributed by atoms with Crippen molar-refractivity contribution >= 4 is 22.7 Å². The molecule has 0 amide bonds. The van der Waals surface area contributed by atoms with Crippen LogP contribution in [0.3, 0.4) is 0 Å². The molecule has 8 heteroatoms. The summed E-state index contributed by atoms with van der Waals surface area (Å²) in [6, 6.07) is 40.1. The van der Waals surface area contributed by atoms with Crippen LogP contribution in [0.5, 0.6) is 0 Å². The van der Waals surface area contributed by atoms with E-state index < -0.39 is 40.0 Å². The maximum Gasteiger partial charge on any atom is 0.416 e. The standard InChI is InChI=1S/C51H50F6N2/c1-9-48(7,58(39-21-11-33(3)12-22-39)41-25-15-35(16-26-41)50(52,53)54)37-19-29-43-44-30-20-38(32-46(44)47(5,6)45(43)31-37)49(8,10-2)59(40-23-13-34(4)14-24-40)42-27-17-36(18-28-42)51(55,56)57/h11-32H,9-10H2,1-8H3. The van der Waals surface area contributed by atoms with Gasteiger partial charge in [-0.25, -0.2) is 0 Å². The lowest BCUT2D eigenvalue weighted by molar-refractivity contribution is -0.138. The van der Waals surface area contributed by atoms with Gasteiger partial charge in [0.1, 0.15) is 0 Å². The number of hydrogen-bond acceptors (Lipinski definition) is 2. The molecule has 7 rings (SSSR count). The van der Waals surface area contributed by atoms with E-state index in [2.05, 4.69) is 87.7 Å². The lowest BCUT2D eigenvalue weighted by Crippen LogP contribution is -2.41. The summed E-state index contributed by atoms with van der Waals surface area (Å²) in [4.78, 5) is 4.30. The molecule has 6 aromatic carbocycles. The fraction of sp³-hybridized carbons (Fsp3) is 0.294. The molecule has 0 aromatic heterocycles. The van der Waals surface area contributed by atoms with Crippen LogP contribution in [0.1, 0.15) is 98.9 Å². The molecule has 0 N–H and O–H groups in total. The molecule has 0 spiro atoms. The monoisotopic (exact) mass is 804 g/mol. The zero-order chi connectivity index (χ0) is 42.7. The summed E-state index contributed by atoms with van der Waals surface area (Å²) in [6.45, 7) is 17.0. The molecule has 2 unspecified atom stereocenters. The first kappa shape index (κ1) is 41.7. The van der Waals surface area contributed by atoms with Gasteiger partial charge in [-0.05, 0) is 147 Å². The van der Waals surface area contributed by atoms with Crippen LogP contribution in [0.4, 0.5) is 49.1 Å². The normalized spacial score (nSPS) is 15.5. The van der Waals surface area contributed by atoms with E-state index >= 15 is 0 Å². The van der Waals surface area contributed by atoms with Gasteiger partial charge in [-0.3, -0.25) is 0 Å². The number of halogens is 6. The van der Waals surface area contributed by atoms with Gasteiger partial charge in [0.25, 0.3) is 0 Å². The van der Waals surface area contributed by atoms with Gasteiger partial charge in [0, 0.05) is 28.2 Å². The molecule has 1 aliphatic carbocycles. The zero-order valence-electron chi connectivity index (χ0n) is 34.8. The first-order chi connectivity index (χ1) is 27.7. The fourth-order valence-electron chi connectivity index (χ4n) is 8.81. The average Bonchev–Trinajstić information content (AvgIpc) is 3.44. The van der Waals surface area contributed by atoms with E-state index in [1.54, 1.807) is 24.3 Å². The largest absolute Gasteiger partial charge is 0.416 e. The van der Waals surface area contributed by atoms with E-state index in [1.165, 1.54) is 0 Å². The van der Waals surface area contributed by atoms with E-state index in [0.29, 0.717) is 24.2 Å². The van der Waals surface area contributed by atoms with Gasteiger partial charge in [0.05, 0.1) is 22.2 Å². The third-order valence-corrected chi connectivity index (χ3v) is 12.8. The van der Waals surface area contributed by atoms with Gasteiger partial charge in [0.2, 0.25) is 0 Å². The lowest BCUT2D eigenvalue weighted by Gasteiger charge is -2.44. The van der Waals surface area contributed by atoms with Crippen molar-refractivity contribution in [1.29, 1.82) is 0 Å². The molecule has 0 radical (unpaired) electrons. The molecular weight excluding hydrogens is 755 g/mol. The molecule has 306 valence electrons. The van der Waals surface area contributed by atoms with E-state index in [0.717, 1.165) is 80.1 Å². The molecule has 0 saturated heterocycles. The Balaban J connectivity index is 1.32. The second-order valence-electron chi connectivity index (χ2n) is 16.8. The minimum Gasteiger partial charge on any atom is -0.331 e. The molecule has 6 aromatic rings. The van der Waals surface area contributed by atoms with Crippen molar-refractivity contribution in [1.82, 2.24) is 0 Å². The Morgan fingerprint density at radius 3 is 0.966 bits per heavy atom. The Morgan fingerprint density at radius 1 is 0.424 bits per heavy atom. The van der Waals surface area contributed by atoms with Crippen molar-refractivity contribution in [2.24, 2.45) is 0 Å². The van der Waals surface area contributed by atoms with E-state index in [-0.39, 0.29) is 0 Å². The van der Waals surface area contributed by atoms with E-state index in [4.69, 9.17) is 0 Å². The van der Waals surface area contributed by atoms with Crippen molar-refractivity contribution in [3.63, 3.8) is 0 Å². The third kappa shape index (κ3) is 7.40. The number of hydrogen-bond donors (Lipinski definition) is 0. The van der Waals surface area contributed by atoms with Crippen LogP contribution >= 0.6 is 0 Å². The molecule has 0 aliphatic heterocycles. The van der Waals surface area contributed by atoms with Gasteiger partial charge < -0.3 is 9.80 Å². The van der Waals surface area contributed by atoms with Gasteiger partial charge in [-0.15, -0.1) is 0 Å². The molecule has 0 heterocycles. The fourth-order valence-corrected chi connectivity index (χ4v) is 8.81. The van der Waals surface area contributed by atoms with Crippen LogP contribution in [0.2, 0.25) is 0 Å². The molecule has 0 bridgehead atoms. The molecule has 2 nitrogen and oxygen atoms in total. The Bertz CT molecular complexity index is 2270. The minimum absolute atomic E-state index is 0.438. The predicted octanol–water partition coefficient (Wildman–Crippen LogP) is 15.6. The third-order valence-electron chi connectivity index (χ3n) is 12.8. The Labute approximate surface area is 344 Å². The highest BCUT2D eigenvalue weighted by molar-refractivity contribution is 5.82. The number of aryl methyl sites for hydroxylation is 2. The van der Waals surface area contributed by atoms with Crippen molar-refractivity contribution in [3.8, 4) is 11.1 Å². The summed E-state index contributed by atoms with van der Waals surface area (Å²) in [7, 11) is 0. The first-order valence-electron chi connectivity index (χ1n) is 20.1. The second-order valence-corrected chi connectivity index (χ2v) is 16.8. The number of nitrogens with zero attached hydrogens (tertiary/aromatic N) is 2. The topological polar surface area (TPSA) is 6.48 Å². The van der Waals surface area contributed by atoms with Gasteiger partial charge in [0.15, 0.2) is 0 Å². The summed E-state index contributed by atoms with van der Waals surface area (Å²) in [6.07, 6.45) is -7.58. The van der Waals surface area contributed by atoms with Crippen LogP contribution in [0.15, 0.2) is 133 Å². The van der Waals surface area contributed by atoms with Crippen molar-refractivity contribution in [3.05, 3.63) is 178 Å². The quantitative estimate of drug-likeness (QED) is 0.127. The summed E-state index contributed by atoms with van der Waals surface area (Å²) in [5, 5.41) is 0. The van der Waals surface area contributed by atoms with Crippen LogP contribution < -0.4 is 9.80 Å². The maximum atomic E-state index is 13.7. The number of alkyl halides is 6. The van der Waals surface area contributed by atoms with Crippen molar-refractivity contribution < 1.29 is 26.3 Å². The number of rotatable bonds is 10. The first-order valence-corrected chi connectivity index (χ1v) is 20.1. The van der Waals surface area contributed by atoms with Crippen LogP contribution in [0, 0.1) is 13.8 Å². The van der Waals surface area contributed by atoms with Gasteiger partial charge in [-0.1, -0.05) is 99.5 Å². The van der Waals surface area contributed by atoms with Crippen LogP contribution in [0.25, 0.3) is 11.1 Å². The minimum atomic E-state index is -4.45. The van der Waals surface area contributed by atoms with E-state index in [9.17, 15) is 26.3 Å². The number of fused-ring (bicyclic) bond motifs is 3. The van der Waals surface area contributed by atoms with Crippen molar-refractivity contribution in [2.45, 2.75) is 97.1 Å². The Morgan fingerprint density at radius 2 is 0.695 bits per heavy atom. The summed E-state index contributed by atoms with van der Waals surface area (Å²) >= 11 is 0. The SMILES string of the molecule is CCC(C)(c1ccc2c(c1)C(C)(C)c1cc(C(C)(CC)N(c3ccc(C)cc3)c3ccc(C(F)(F)F)cc3)ccc1-2)N(c1ccc(C)cc1)c1ccc(C(F)(F)F)cc1. The summed E-state index contributed by atoms with van der Waals surface area (Å²) in [5.41, 5.74) is 8.68. The highest BCUT2D eigenvalue weighted by Crippen LogP contribution is 2.53. The maximum absolute atomic E-state index is 13.7. The molecule has 0 fully saturated rings. The Kier molecular flexibility index (Phi) is 10.6. The molecular formula is C51H50F6N2. The highest BCUT2D eigenvalue weighted by Gasteiger charge is 2.42. The molecule has 59 heavy (non-hydrogen) atoms. The number of anilines is 4.